The summed E-state index contributed by atoms with van der Waals surface area (Å²) in [6.45, 7) is 9.63. The first kappa shape index (κ1) is 14.1. The van der Waals surface area contributed by atoms with E-state index in [1.165, 1.54) is 11.3 Å². The van der Waals surface area contributed by atoms with Crippen molar-refractivity contribution in [1.82, 2.24) is 4.90 Å². The molecule has 3 nitrogen and oxygen atoms in total. The Morgan fingerprint density at radius 2 is 1.84 bits per heavy atom. The lowest BCUT2D eigenvalue weighted by atomic mass is 10.1. The van der Waals surface area contributed by atoms with E-state index in [1.807, 2.05) is 6.08 Å². The van der Waals surface area contributed by atoms with Crippen LogP contribution in [0.2, 0.25) is 0 Å². The Morgan fingerprint density at radius 3 is 2.47 bits per heavy atom. The molecule has 104 valence electrons. The third kappa shape index (κ3) is 3.58. The van der Waals surface area contributed by atoms with Gasteiger partial charge < -0.3 is 10.6 Å². The van der Waals surface area contributed by atoms with E-state index >= 15 is 0 Å². The van der Waals surface area contributed by atoms with Gasteiger partial charge in [-0.05, 0) is 25.5 Å². The lowest BCUT2D eigenvalue weighted by molar-refractivity contribution is 0.209. The van der Waals surface area contributed by atoms with E-state index in [9.17, 15) is 0 Å². The molecule has 0 saturated carbocycles. The van der Waals surface area contributed by atoms with Crippen LogP contribution < -0.4 is 10.6 Å². The third-order valence-electron chi connectivity index (χ3n) is 3.76. The van der Waals surface area contributed by atoms with Gasteiger partial charge in [0.1, 0.15) is 0 Å². The first-order valence-corrected chi connectivity index (χ1v) is 7.17. The number of hydrogen-bond donors (Lipinski definition) is 1. The third-order valence-corrected chi connectivity index (χ3v) is 3.76. The van der Waals surface area contributed by atoms with Crippen molar-refractivity contribution in [3.05, 3.63) is 35.9 Å². The van der Waals surface area contributed by atoms with E-state index in [0.717, 1.165) is 26.2 Å². The largest absolute Gasteiger partial charge is 0.368 e. The van der Waals surface area contributed by atoms with Crippen LogP contribution in [0.1, 0.15) is 19.4 Å². The first-order chi connectivity index (χ1) is 9.22. The van der Waals surface area contributed by atoms with Crippen LogP contribution in [0, 0.1) is 0 Å². The lowest BCUT2D eigenvalue weighted by Crippen LogP contribution is -2.49. The van der Waals surface area contributed by atoms with Gasteiger partial charge in [-0.1, -0.05) is 30.4 Å². The van der Waals surface area contributed by atoms with Crippen molar-refractivity contribution < 1.29 is 0 Å². The molecule has 0 aromatic heterocycles. The summed E-state index contributed by atoms with van der Waals surface area (Å²) in [6, 6.07) is 9.22. The maximum Gasteiger partial charge on any atom is 0.0440 e. The van der Waals surface area contributed by atoms with E-state index < -0.39 is 0 Å². The molecule has 2 N–H and O–H groups in total. The van der Waals surface area contributed by atoms with Crippen molar-refractivity contribution in [1.29, 1.82) is 0 Å². The van der Waals surface area contributed by atoms with Gasteiger partial charge in [0.05, 0.1) is 0 Å². The van der Waals surface area contributed by atoms with Crippen LogP contribution in [0.15, 0.2) is 30.3 Å². The predicted molar refractivity (Wildman–Crippen MR) is 83.5 cm³/mol. The van der Waals surface area contributed by atoms with Crippen LogP contribution in [-0.4, -0.2) is 43.7 Å². The Hall–Kier alpha value is -1.32. The highest BCUT2D eigenvalue weighted by Gasteiger charge is 2.19. The summed E-state index contributed by atoms with van der Waals surface area (Å²) >= 11 is 0. The maximum absolute atomic E-state index is 5.55. The Bertz CT molecular complexity index is 418. The van der Waals surface area contributed by atoms with Crippen LogP contribution >= 0.6 is 0 Å². The number of piperazine rings is 1. The van der Waals surface area contributed by atoms with E-state index in [4.69, 9.17) is 5.73 Å². The highest BCUT2D eigenvalue weighted by Crippen LogP contribution is 2.23. The second kappa shape index (κ2) is 6.73. The van der Waals surface area contributed by atoms with Crippen molar-refractivity contribution in [2.24, 2.45) is 5.73 Å². The molecule has 0 radical (unpaired) electrons. The van der Waals surface area contributed by atoms with Gasteiger partial charge in [-0.25, -0.2) is 0 Å². The average molecular weight is 259 g/mol. The molecule has 0 spiro atoms. The van der Waals surface area contributed by atoms with E-state index in [2.05, 4.69) is 54.0 Å². The normalized spacial score (nSPS) is 17.6. The minimum absolute atomic E-state index is 0.593. The number of nitrogens with two attached hydrogens (primary N) is 1. The highest BCUT2D eigenvalue weighted by molar-refractivity contribution is 5.68. The molecule has 0 bridgehead atoms. The summed E-state index contributed by atoms with van der Waals surface area (Å²) < 4.78 is 0. The predicted octanol–water partition coefficient (Wildman–Crippen LogP) is 2.19. The SMILES string of the molecule is CC(C)N1CCN(c2ccccc2/C=C/CN)CC1. The maximum atomic E-state index is 5.55. The minimum Gasteiger partial charge on any atom is -0.368 e. The van der Waals surface area contributed by atoms with Crippen molar-refractivity contribution in [2.45, 2.75) is 19.9 Å². The van der Waals surface area contributed by atoms with Gasteiger partial charge >= 0.3 is 0 Å². The Morgan fingerprint density at radius 1 is 1.16 bits per heavy atom. The van der Waals surface area contributed by atoms with Crippen molar-refractivity contribution >= 4 is 11.8 Å². The average Bonchev–Trinajstić information content (AvgIpc) is 2.45. The fourth-order valence-electron chi connectivity index (χ4n) is 2.59. The van der Waals surface area contributed by atoms with E-state index in [-0.39, 0.29) is 0 Å². The van der Waals surface area contributed by atoms with Crippen LogP contribution in [0.25, 0.3) is 6.08 Å². The molecule has 1 aliphatic heterocycles. The Balaban J connectivity index is 2.09. The molecule has 1 aromatic rings. The number of anilines is 1. The summed E-state index contributed by atoms with van der Waals surface area (Å²) in [7, 11) is 0. The Kier molecular flexibility index (Phi) is 5.00. The zero-order chi connectivity index (χ0) is 13.7. The molecule has 0 unspecified atom stereocenters. The molecule has 19 heavy (non-hydrogen) atoms. The number of rotatable bonds is 4. The van der Waals surface area contributed by atoms with Crippen LogP contribution in [0.4, 0.5) is 5.69 Å². The first-order valence-electron chi connectivity index (χ1n) is 7.17. The standard InChI is InChI=1S/C16H25N3/c1-14(2)18-10-12-19(13-11-18)16-8-4-3-6-15(16)7-5-9-17/h3-8,14H,9-13,17H2,1-2H3/b7-5+. The molecular formula is C16H25N3. The van der Waals surface area contributed by atoms with Crippen LogP contribution in [0.3, 0.4) is 0 Å². The van der Waals surface area contributed by atoms with Gasteiger partial charge in [0.15, 0.2) is 0 Å². The van der Waals surface area contributed by atoms with Crippen LogP contribution in [-0.2, 0) is 0 Å². The monoisotopic (exact) mass is 259 g/mol. The smallest absolute Gasteiger partial charge is 0.0440 e. The summed E-state index contributed by atoms with van der Waals surface area (Å²) in [5.74, 6) is 0. The quantitative estimate of drug-likeness (QED) is 0.899. The molecule has 0 atom stereocenters. The summed E-state index contributed by atoms with van der Waals surface area (Å²) in [4.78, 5) is 5.02. The van der Waals surface area contributed by atoms with Gasteiger partial charge in [-0.3, -0.25) is 4.90 Å². The number of para-hydroxylation sites is 1. The van der Waals surface area contributed by atoms with E-state index in [1.54, 1.807) is 0 Å². The summed E-state index contributed by atoms with van der Waals surface area (Å²) in [5, 5.41) is 0. The van der Waals surface area contributed by atoms with E-state index in [0.29, 0.717) is 12.6 Å². The number of benzene rings is 1. The van der Waals surface area contributed by atoms with Crippen molar-refractivity contribution in [3.63, 3.8) is 0 Å². The topological polar surface area (TPSA) is 32.5 Å². The van der Waals surface area contributed by atoms with Crippen molar-refractivity contribution in [3.8, 4) is 0 Å². The fourth-order valence-corrected chi connectivity index (χ4v) is 2.59. The molecule has 0 aliphatic carbocycles. The molecule has 2 rings (SSSR count). The highest BCUT2D eigenvalue weighted by atomic mass is 15.3. The summed E-state index contributed by atoms with van der Waals surface area (Å²) in [6.07, 6.45) is 4.15. The van der Waals surface area contributed by atoms with Crippen LogP contribution in [0.5, 0.6) is 0 Å². The van der Waals surface area contributed by atoms with Gasteiger partial charge in [0.25, 0.3) is 0 Å². The molecule has 1 aromatic carbocycles. The van der Waals surface area contributed by atoms with Gasteiger partial charge in [-0.2, -0.15) is 0 Å². The Labute approximate surface area is 116 Å². The number of hydrogen-bond acceptors (Lipinski definition) is 3. The molecule has 1 saturated heterocycles. The summed E-state index contributed by atoms with van der Waals surface area (Å²) in [5.41, 5.74) is 8.15. The lowest BCUT2D eigenvalue weighted by Gasteiger charge is -2.38. The fraction of sp³-hybridized carbons (Fsp3) is 0.500. The molecule has 3 heteroatoms. The van der Waals surface area contributed by atoms with Crippen molar-refractivity contribution in [2.75, 3.05) is 37.6 Å². The van der Waals surface area contributed by atoms with Gasteiger partial charge in [0.2, 0.25) is 0 Å². The number of nitrogens with zero attached hydrogens (tertiary/aromatic N) is 2. The molecule has 1 heterocycles. The van der Waals surface area contributed by atoms with Gasteiger partial charge in [0, 0.05) is 44.5 Å². The molecule has 0 amide bonds. The second-order valence-electron chi connectivity index (χ2n) is 5.31. The molecule has 1 fully saturated rings. The molecular weight excluding hydrogens is 234 g/mol. The second-order valence-corrected chi connectivity index (χ2v) is 5.31. The molecule has 1 aliphatic rings. The zero-order valence-electron chi connectivity index (χ0n) is 12.0. The minimum atomic E-state index is 0.593. The van der Waals surface area contributed by atoms with Gasteiger partial charge in [-0.15, -0.1) is 0 Å². The zero-order valence-corrected chi connectivity index (χ0v) is 12.0.